The van der Waals surface area contributed by atoms with Crippen LogP contribution in [0, 0.1) is 13.8 Å². The predicted octanol–water partition coefficient (Wildman–Crippen LogP) is 2.56. The van der Waals surface area contributed by atoms with E-state index in [9.17, 15) is 9.59 Å². The van der Waals surface area contributed by atoms with Gasteiger partial charge in [-0.3, -0.25) is 9.59 Å². The number of hydrogen-bond donors (Lipinski definition) is 2. The molecule has 126 valence electrons. The molecule has 0 atom stereocenters. The summed E-state index contributed by atoms with van der Waals surface area (Å²) in [6.45, 7) is 4.24. The van der Waals surface area contributed by atoms with E-state index in [-0.39, 0.29) is 12.3 Å². The molecular weight excluding hydrogens is 334 g/mol. The number of carboxylic acids is 1. The first-order chi connectivity index (χ1) is 11.0. The van der Waals surface area contributed by atoms with Crippen molar-refractivity contribution < 1.29 is 14.7 Å². The van der Waals surface area contributed by atoms with Gasteiger partial charge < -0.3 is 10.4 Å². The fourth-order valence-electron chi connectivity index (χ4n) is 2.14. The Balaban J connectivity index is 1.76. The average molecular weight is 355 g/mol. The highest BCUT2D eigenvalue weighted by atomic mass is 33.1. The monoisotopic (exact) mass is 355 g/mol. The first kappa shape index (κ1) is 18.1. The molecule has 0 aliphatic heterocycles. The van der Waals surface area contributed by atoms with Gasteiger partial charge in [0.25, 0.3) is 5.91 Å². The summed E-state index contributed by atoms with van der Waals surface area (Å²) in [6, 6.07) is 0. The Kier molecular flexibility index (Phi) is 6.71. The molecule has 6 nitrogen and oxygen atoms in total. The number of carboxylic acid groups (broad SMARTS) is 1. The maximum absolute atomic E-state index is 12.3. The second kappa shape index (κ2) is 8.54. The average Bonchev–Trinajstić information content (AvgIpc) is 3.29. The summed E-state index contributed by atoms with van der Waals surface area (Å²) >= 11 is 0. The van der Waals surface area contributed by atoms with Crippen molar-refractivity contribution in [2.75, 3.05) is 18.1 Å². The van der Waals surface area contributed by atoms with Crippen LogP contribution in [0.15, 0.2) is 0 Å². The lowest BCUT2D eigenvalue weighted by Crippen LogP contribution is -2.28. The number of carbonyl (C=O) groups is 2. The van der Waals surface area contributed by atoms with Crippen molar-refractivity contribution in [1.29, 1.82) is 0 Å². The molecular formula is C15H21N3O3S2. The van der Waals surface area contributed by atoms with E-state index in [1.807, 2.05) is 13.8 Å². The van der Waals surface area contributed by atoms with Crippen LogP contribution in [0.5, 0.6) is 0 Å². The molecule has 0 radical (unpaired) electrons. The van der Waals surface area contributed by atoms with Crippen molar-refractivity contribution in [3.05, 3.63) is 22.8 Å². The molecule has 8 heteroatoms. The van der Waals surface area contributed by atoms with E-state index in [0.29, 0.717) is 23.8 Å². The highest BCUT2D eigenvalue weighted by Gasteiger charge is 2.28. The van der Waals surface area contributed by atoms with E-state index in [0.717, 1.165) is 35.8 Å². The number of nitrogens with one attached hydrogen (secondary N) is 1. The molecule has 0 bridgehead atoms. The summed E-state index contributed by atoms with van der Waals surface area (Å²) in [7, 11) is 3.07. The van der Waals surface area contributed by atoms with Crippen LogP contribution in [-0.2, 0) is 4.79 Å². The minimum absolute atomic E-state index is 0.140. The molecule has 1 aliphatic rings. The minimum atomic E-state index is -0.785. The van der Waals surface area contributed by atoms with Gasteiger partial charge in [-0.15, -0.1) is 0 Å². The fourth-order valence-corrected chi connectivity index (χ4v) is 4.02. The summed E-state index contributed by atoms with van der Waals surface area (Å²) in [6.07, 6.45) is 2.44. The number of amides is 1. The number of rotatable bonds is 9. The summed E-state index contributed by atoms with van der Waals surface area (Å²) in [5.74, 6) is 1.72. The summed E-state index contributed by atoms with van der Waals surface area (Å²) in [5.41, 5.74) is 2.04. The predicted molar refractivity (Wildman–Crippen MR) is 93.0 cm³/mol. The zero-order valence-electron chi connectivity index (χ0n) is 13.3. The van der Waals surface area contributed by atoms with Crippen LogP contribution in [0.4, 0.5) is 0 Å². The number of aryl methyl sites for hydroxylation is 2. The SMILES string of the molecule is Cc1nc(C2CC2)nc(C)c1C(=O)NCCSSCCC(=O)O. The minimum Gasteiger partial charge on any atom is -0.481 e. The third kappa shape index (κ3) is 5.69. The van der Waals surface area contributed by atoms with Crippen LogP contribution in [0.25, 0.3) is 0 Å². The van der Waals surface area contributed by atoms with Crippen LogP contribution < -0.4 is 5.32 Å². The molecule has 1 saturated carbocycles. The standard InChI is InChI=1S/C15H21N3O3S2/c1-9-13(10(2)18-14(17-9)11-3-4-11)15(21)16-6-8-23-22-7-5-12(19)20/h11H,3-8H2,1-2H3,(H,16,21)(H,19,20). The van der Waals surface area contributed by atoms with E-state index in [1.165, 1.54) is 10.8 Å². The van der Waals surface area contributed by atoms with E-state index < -0.39 is 5.97 Å². The van der Waals surface area contributed by atoms with Gasteiger partial charge in [0.2, 0.25) is 0 Å². The van der Waals surface area contributed by atoms with Gasteiger partial charge in [-0.25, -0.2) is 9.97 Å². The molecule has 0 saturated heterocycles. The lowest BCUT2D eigenvalue weighted by atomic mass is 10.1. The molecule has 0 spiro atoms. The van der Waals surface area contributed by atoms with Crippen molar-refractivity contribution in [1.82, 2.24) is 15.3 Å². The number of nitrogens with zero attached hydrogens (tertiary/aromatic N) is 2. The van der Waals surface area contributed by atoms with Crippen LogP contribution in [0.3, 0.4) is 0 Å². The number of carbonyl (C=O) groups excluding carboxylic acids is 1. The largest absolute Gasteiger partial charge is 0.481 e. The van der Waals surface area contributed by atoms with Gasteiger partial charge in [-0.05, 0) is 26.7 Å². The molecule has 2 rings (SSSR count). The van der Waals surface area contributed by atoms with Gasteiger partial charge in [0, 0.05) is 24.0 Å². The smallest absolute Gasteiger partial charge is 0.304 e. The molecule has 1 fully saturated rings. The number of aromatic nitrogens is 2. The highest BCUT2D eigenvalue weighted by molar-refractivity contribution is 8.76. The first-order valence-corrected chi connectivity index (χ1v) is 10.1. The summed E-state index contributed by atoms with van der Waals surface area (Å²) in [5, 5.41) is 11.4. The fraction of sp³-hybridized carbons (Fsp3) is 0.600. The Morgan fingerprint density at radius 2 is 1.78 bits per heavy atom. The molecule has 1 aromatic rings. The molecule has 0 unspecified atom stereocenters. The second-order valence-electron chi connectivity index (χ2n) is 5.45. The van der Waals surface area contributed by atoms with Crippen molar-refractivity contribution >= 4 is 33.5 Å². The summed E-state index contributed by atoms with van der Waals surface area (Å²) in [4.78, 5) is 31.6. The van der Waals surface area contributed by atoms with Crippen molar-refractivity contribution in [2.24, 2.45) is 0 Å². The third-order valence-corrected chi connectivity index (χ3v) is 5.82. The van der Waals surface area contributed by atoms with Crippen LogP contribution in [-0.4, -0.2) is 45.0 Å². The van der Waals surface area contributed by atoms with Crippen molar-refractivity contribution in [3.63, 3.8) is 0 Å². The molecule has 1 aromatic heterocycles. The van der Waals surface area contributed by atoms with E-state index in [4.69, 9.17) is 5.11 Å². The van der Waals surface area contributed by atoms with Gasteiger partial charge in [0.15, 0.2) is 0 Å². The second-order valence-corrected chi connectivity index (χ2v) is 8.15. The van der Waals surface area contributed by atoms with Gasteiger partial charge in [-0.1, -0.05) is 21.6 Å². The highest BCUT2D eigenvalue weighted by Crippen LogP contribution is 2.38. The molecule has 1 heterocycles. The number of hydrogen-bond acceptors (Lipinski definition) is 6. The molecule has 1 amide bonds. The molecule has 0 aromatic carbocycles. The third-order valence-electron chi connectivity index (χ3n) is 3.41. The Bertz CT molecular complexity index is 568. The Hall–Kier alpha value is -1.28. The van der Waals surface area contributed by atoms with Crippen LogP contribution in [0.2, 0.25) is 0 Å². The lowest BCUT2D eigenvalue weighted by molar-refractivity contribution is -0.136. The first-order valence-electron chi connectivity index (χ1n) is 7.58. The van der Waals surface area contributed by atoms with E-state index in [2.05, 4.69) is 15.3 Å². The summed E-state index contributed by atoms with van der Waals surface area (Å²) < 4.78 is 0. The topological polar surface area (TPSA) is 92.2 Å². The van der Waals surface area contributed by atoms with Crippen LogP contribution >= 0.6 is 21.6 Å². The van der Waals surface area contributed by atoms with Crippen molar-refractivity contribution in [2.45, 2.75) is 39.0 Å². The van der Waals surface area contributed by atoms with Gasteiger partial charge >= 0.3 is 5.97 Å². The lowest BCUT2D eigenvalue weighted by Gasteiger charge is -2.11. The Morgan fingerprint density at radius 1 is 1.17 bits per heavy atom. The normalized spacial score (nSPS) is 13.8. The van der Waals surface area contributed by atoms with Crippen LogP contribution in [0.1, 0.15) is 52.8 Å². The maximum Gasteiger partial charge on any atom is 0.304 e. The van der Waals surface area contributed by atoms with Gasteiger partial charge in [0.1, 0.15) is 5.82 Å². The van der Waals surface area contributed by atoms with E-state index >= 15 is 0 Å². The Labute approximate surface area is 143 Å². The van der Waals surface area contributed by atoms with Crippen molar-refractivity contribution in [3.8, 4) is 0 Å². The zero-order valence-corrected chi connectivity index (χ0v) is 14.9. The molecule has 23 heavy (non-hydrogen) atoms. The number of aliphatic carboxylic acids is 1. The van der Waals surface area contributed by atoms with Gasteiger partial charge in [-0.2, -0.15) is 0 Å². The molecule has 2 N–H and O–H groups in total. The quantitative estimate of drug-likeness (QED) is 0.519. The van der Waals surface area contributed by atoms with Gasteiger partial charge in [0.05, 0.1) is 23.4 Å². The Morgan fingerprint density at radius 3 is 2.35 bits per heavy atom. The zero-order chi connectivity index (χ0) is 16.8. The molecule has 1 aliphatic carbocycles. The van der Waals surface area contributed by atoms with E-state index in [1.54, 1.807) is 10.8 Å². The maximum atomic E-state index is 12.3.